The Hall–Kier alpha value is -4.39. The van der Waals surface area contributed by atoms with E-state index in [0.29, 0.717) is 24.6 Å². The lowest BCUT2D eigenvalue weighted by atomic mass is 10.00. The van der Waals surface area contributed by atoms with Crippen LogP contribution < -0.4 is 16.0 Å². The predicted molar refractivity (Wildman–Crippen MR) is 124 cm³/mol. The molecule has 2 atom stereocenters. The summed E-state index contributed by atoms with van der Waals surface area (Å²) < 4.78 is 1.51. The van der Waals surface area contributed by atoms with Gasteiger partial charge >= 0.3 is 6.03 Å². The number of likely N-dealkylation sites (N-methyl/N-ethyl adjacent to an activating group) is 1. The second-order valence-corrected chi connectivity index (χ2v) is 8.49. The summed E-state index contributed by atoms with van der Waals surface area (Å²) in [4.78, 5) is 25.3. The highest BCUT2D eigenvalue weighted by atomic mass is 16.2. The van der Waals surface area contributed by atoms with Crippen LogP contribution in [-0.4, -0.2) is 62.7 Å². The number of fused-ring (bicyclic) bond motifs is 3. The highest BCUT2D eigenvalue weighted by Gasteiger charge is 2.41. The number of hydrogen-bond donors (Lipinski definition) is 2. The van der Waals surface area contributed by atoms with Crippen molar-refractivity contribution in [2.24, 2.45) is 0 Å². The zero-order chi connectivity index (χ0) is 22.7. The molecule has 5 heterocycles. The standard InChI is InChI=1S/C23H21N9O/c1-30-19-12-31(7-6-18(19)28-23(30)33)21-15(9-24)20(25)32-22(29-21)16(11-27-32)14-8-13-4-2-3-5-17(13)26-10-14/h2-5,8,10-11,18-19H,6-7,12,25H2,1H3,(H,28,33). The van der Waals surface area contributed by atoms with Crippen LogP contribution in [0, 0.1) is 11.3 Å². The number of nitriles is 1. The van der Waals surface area contributed by atoms with E-state index < -0.39 is 0 Å². The molecule has 4 aromatic rings. The zero-order valence-electron chi connectivity index (χ0n) is 17.9. The van der Waals surface area contributed by atoms with Crippen molar-refractivity contribution in [3.05, 3.63) is 48.3 Å². The lowest BCUT2D eigenvalue weighted by molar-refractivity contribution is 0.214. The van der Waals surface area contributed by atoms with Gasteiger partial charge in [0.2, 0.25) is 0 Å². The Bertz CT molecular complexity index is 1470. The first kappa shape index (κ1) is 19.3. The van der Waals surface area contributed by atoms with Gasteiger partial charge in [-0.2, -0.15) is 14.9 Å². The molecule has 3 N–H and O–H groups in total. The number of anilines is 2. The number of para-hydroxylation sites is 1. The van der Waals surface area contributed by atoms with E-state index in [1.807, 2.05) is 35.2 Å². The Kier molecular flexibility index (Phi) is 4.13. The van der Waals surface area contributed by atoms with Crippen molar-refractivity contribution in [3.8, 4) is 17.2 Å². The molecular formula is C23H21N9O. The molecule has 0 saturated carbocycles. The fraction of sp³-hybridized carbons (Fsp3) is 0.261. The molecule has 0 spiro atoms. The second-order valence-electron chi connectivity index (χ2n) is 8.49. The minimum atomic E-state index is -0.0721. The molecule has 2 unspecified atom stereocenters. The Labute approximate surface area is 189 Å². The van der Waals surface area contributed by atoms with Gasteiger partial charge < -0.3 is 20.9 Å². The lowest BCUT2D eigenvalue weighted by Gasteiger charge is -2.37. The molecule has 1 aromatic carbocycles. The summed E-state index contributed by atoms with van der Waals surface area (Å²) in [5, 5.41) is 18.3. The van der Waals surface area contributed by atoms with Crippen molar-refractivity contribution in [1.29, 1.82) is 5.26 Å². The van der Waals surface area contributed by atoms with Crippen molar-refractivity contribution >= 4 is 34.2 Å². The summed E-state index contributed by atoms with van der Waals surface area (Å²) in [6, 6.07) is 12.2. The Morgan fingerprint density at radius 1 is 1.27 bits per heavy atom. The van der Waals surface area contributed by atoms with Crippen LogP contribution in [0.2, 0.25) is 0 Å². The third-order valence-electron chi connectivity index (χ3n) is 6.69. The number of carbonyl (C=O) groups is 1. The topological polar surface area (TPSA) is 128 Å². The van der Waals surface area contributed by atoms with Gasteiger partial charge in [-0.25, -0.2) is 9.78 Å². The third kappa shape index (κ3) is 2.86. The van der Waals surface area contributed by atoms with Crippen molar-refractivity contribution in [1.82, 2.24) is 29.8 Å². The van der Waals surface area contributed by atoms with E-state index in [-0.39, 0.29) is 29.5 Å². The van der Waals surface area contributed by atoms with Crippen LogP contribution in [0.3, 0.4) is 0 Å². The number of piperidine rings is 1. The van der Waals surface area contributed by atoms with E-state index in [0.717, 1.165) is 28.5 Å². The van der Waals surface area contributed by atoms with E-state index in [4.69, 9.17) is 10.7 Å². The Morgan fingerprint density at radius 2 is 2.12 bits per heavy atom. The van der Waals surface area contributed by atoms with Gasteiger partial charge in [-0.15, -0.1) is 0 Å². The van der Waals surface area contributed by atoms with Crippen LogP contribution in [0.25, 0.3) is 27.7 Å². The molecule has 2 aliphatic rings. The largest absolute Gasteiger partial charge is 0.382 e. The van der Waals surface area contributed by atoms with E-state index in [1.54, 1.807) is 24.3 Å². The molecule has 3 aromatic heterocycles. The maximum Gasteiger partial charge on any atom is 0.317 e. The van der Waals surface area contributed by atoms with Gasteiger partial charge in [0.15, 0.2) is 11.5 Å². The van der Waals surface area contributed by atoms with Crippen molar-refractivity contribution < 1.29 is 4.79 Å². The number of aromatic nitrogens is 4. The number of nitrogens with one attached hydrogen (secondary N) is 1. The maximum absolute atomic E-state index is 12.1. The molecule has 0 aliphatic carbocycles. The smallest absolute Gasteiger partial charge is 0.317 e. The number of pyridine rings is 1. The zero-order valence-corrected chi connectivity index (χ0v) is 17.9. The van der Waals surface area contributed by atoms with E-state index in [9.17, 15) is 10.1 Å². The van der Waals surface area contributed by atoms with Crippen LogP contribution in [0.5, 0.6) is 0 Å². The van der Waals surface area contributed by atoms with Gasteiger partial charge in [0.25, 0.3) is 0 Å². The molecule has 0 radical (unpaired) electrons. The van der Waals surface area contributed by atoms with Crippen LogP contribution in [-0.2, 0) is 0 Å². The van der Waals surface area contributed by atoms with E-state index >= 15 is 0 Å². The van der Waals surface area contributed by atoms with E-state index in [1.165, 1.54) is 4.52 Å². The van der Waals surface area contributed by atoms with Gasteiger partial charge in [-0.1, -0.05) is 18.2 Å². The molecule has 33 heavy (non-hydrogen) atoms. The number of hydrogen-bond acceptors (Lipinski definition) is 7. The summed E-state index contributed by atoms with van der Waals surface area (Å²) in [5.41, 5.74) is 9.81. The maximum atomic E-state index is 12.1. The normalized spacial score (nSPS) is 20.2. The van der Waals surface area contributed by atoms with Gasteiger partial charge in [-0.05, 0) is 18.6 Å². The van der Waals surface area contributed by atoms with Crippen LogP contribution in [0.4, 0.5) is 16.4 Å². The summed E-state index contributed by atoms with van der Waals surface area (Å²) in [6.45, 7) is 1.23. The molecule has 2 fully saturated rings. The first-order valence-corrected chi connectivity index (χ1v) is 10.8. The molecule has 164 valence electrons. The first-order chi connectivity index (χ1) is 16.0. The van der Waals surface area contributed by atoms with Crippen molar-refractivity contribution in [3.63, 3.8) is 0 Å². The van der Waals surface area contributed by atoms with Crippen molar-refractivity contribution in [2.75, 3.05) is 30.8 Å². The van der Waals surface area contributed by atoms with E-state index in [2.05, 4.69) is 21.5 Å². The summed E-state index contributed by atoms with van der Waals surface area (Å²) >= 11 is 0. The monoisotopic (exact) mass is 439 g/mol. The number of amides is 2. The molecule has 6 rings (SSSR count). The number of rotatable bonds is 2. The number of nitrogen functional groups attached to an aromatic ring is 1. The van der Waals surface area contributed by atoms with Gasteiger partial charge in [0.05, 0.1) is 23.8 Å². The highest BCUT2D eigenvalue weighted by Crippen LogP contribution is 2.33. The third-order valence-corrected chi connectivity index (χ3v) is 6.69. The minimum Gasteiger partial charge on any atom is -0.382 e. The number of benzene rings is 1. The lowest BCUT2D eigenvalue weighted by Crippen LogP contribution is -2.51. The number of nitrogens with zero attached hydrogens (tertiary/aromatic N) is 7. The molecule has 10 heteroatoms. The summed E-state index contributed by atoms with van der Waals surface area (Å²) in [6.07, 6.45) is 4.26. The molecule has 2 amide bonds. The molecule has 2 aliphatic heterocycles. The fourth-order valence-electron chi connectivity index (χ4n) is 4.86. The summed E-state index contributed by atoms with van der Waals surface area (Å²) in [7, 11) is 1.79. The molecule has 2 saturated heterocycles. The molecule has 0 bridgehead atoms. The van der Waals surface area contributed by atoms with Gasteiger partial charge in [-0.3, -0.25) is 4.98 Å². The second kappa shape index (κ2) is 7.06. The van der Waals surface area contributed by atoms with Crippen LogP contribution in [0.15, 0.2) is 42.7 Å². The van der Waals surface area contributed by atoms with Gasteiger partial charge in [0, 0.05) is 42.8 Å². The average Bonchev–Trinajstić information content (AvgIpc) is 3.39. The Balaban J connectivity index is 1.47. The fourth-order valence-corrected chi connectivity index (χ4v) is 4.86. The molecular weight excluding hydrogens is 418 g/mol. The number of carbonyl (C=O) groups excluding carboxylic acids is 1. The van der Waals surface area contributed by atoms with Gasteiger partial charge in [0.1, 0.15) is 17.5 Å². The van der Waals surface area contributed by atoms with Crippen LogP contribution in [0.1, 0.15) is 12.0 Å². The summed E-state index contributed by atoms with van der Waals surface area (Å²) in [5.74, 6) is 0.762. The quantitative estimate of drug-likeness (QED) is 0.489. The number of urea groups is 1. The van der Waals surface area contributed by atoms with Crippen molar-refractivity contribution in [2.45, 2.75) is 18.5 Å². The predicted octanol–water partition coefficient (Wildman–Crippen LogP) is 2.00. The molecule has 10 nitrogen and oxygen atoms in total. The Morgan fingerprint density at radius 3 is 2.97 bits per heavy atom. The van der Waals surface area contributed by atoms with Crippen LogP contribution >= 0.6 is 0 Å². The highest BCUT2D eigenvalue weighted by molar-refractivity contribution is 5.88. The SMILES string of the molecule is CN1C(=O)NC2CCN(c3nc4c(-c5cnc6ccccc6c5)cnn4c(N)c3C#N)CC21. The first-order valence-electron chi connectivity index (χ1n) is 10.8. The average molecular weight is 439 g/mol. The number of nitrogens with two attached hydrogens (primary N) is 1. The minimum absolute atomic E-state index is 0.00566.